The molecule has 0 aromatic rings. The minimum absolute atomic E-state index is 0.686. The van der Waals surface area contributed by atoms with Crippen LogP contribution in [0.1, 0.15) is 6.92 Å². The molecule has 2 heteroatoms. The van der Waals surface area contributed by atoms with Gasteiger partial charge in [-0.1, -0.05) is 18.7 Å². The Balaban J connectivity index is 4.38. The van der Waals surface area contributed by atoms with E-state index in [4.69, 9.17) is 5.41 Å². The van der Waals surface area contributed by atoms with Gasteiger partial charge in [0.15, 0.2) is 0 Å². The maximum atomic E-state index is 6.95. The quantitative estimate of drug-likeness (QED) is 0.466. The molecule has 0 saturated heterocycles. The van der Waals surface area contributed by atoms with Crippen molar-refractivity contribution in [2.75, 3.05) is 7.05 Å². The third-order valence-corrected chi connectivity index (χ3v) is 1.24. The lowest BCUT2D eigenvalue weighted by molar-refractivity contribution is 1.02. The fourth-order valence-electron chi connectivity index (χ4n) is 0.621. The molecule has 0 aromatic heterocycles. The van der Waals surface area contributed by atoms with Gasteiger partial charge in [0.2, 0.25) is 0 Å². The number of nitrogens with one attached hydrogen (secondary N) is 2. The highest BCUT2D eigenvalue weighted by Crippen LogP contribution is 1.99. The van der Waals surface area contributed by atoms with E-state index in [1.807, 2.05) is 32.2 Å². The summed E-state index contributed by atoms with van der Waals surface area (Å²) in [4.78, 5) is 0. The Morgan fingerprint density at radius 2 is 2.18 bits per heavy atom. The van der Waals surface area contributed by atoms with Crippen molar-refractivity contribution >= 4 is 6.21 Å². The molecule has 0 amide bonds. The molecule has 0 heterocycles. The van der Waals surface area contributed by atoms with Gasteiger partial charge in [-0.05, 0) is 13.0 Å². The van der Waals surface area contributed by atoms with E-state index in [9.17, 15) is 0 Å². The van der Waals surface area contributed by atoms with Crippen LogP contribution in [0.15, 0.2) is 36.1 Å². The number of likely N-dealkylation sites (N-methyl/N-ethyl adjacent to an activating group) is 1. The van der Waals surface area contributed by atoms with Crippen LogP contribution in [-0.4, -0.2) is 13.3 Å². The van der Waals surface area contributed by atoms with Crippen molar-refractivity contribution in [3.63, 3.8) is 0 Å². The fourth-order valence-corrected chi connectivity index (χ4v) is 0.621. The average molecular weight is 150 g/mol. The highest BCUT2D eigenvalue weighted by Gasteiger charge is 1.92. The van der Waals surface area contributed by atoms with Gasteiger partial charge in [-0.3, -0.25) is 0 Å². The van der Waals surface area contributed by atoms with Gasteiger partial charge >= 0.3 is 0 Å². The average Bonchev–Trinajstić information content (AvgIpc) is 2.05. The van der Waals surface area contributed by atoms with Gasteiger partial charge in [0.25, 0.3) is 0 Å². The van der Waals surface area contributed by atoms with E-state index in [1.165, 1.54) is 6.21 Å². The highest BCUT2D eigenvalue weighted by atomic mass is 14.8. The third kappa shape index (κ3) is 3.40. The number of rotatable bonds is 4. The van der Waals surface area contributed by atoms with E-state index in [0.717, 1.165) is 5.70 Å². The summed E-state index contributed by atoms with van der Waals surface area (Å²) in [6, 6.07) is 0. The fraction of sp³-hybridized carbons (Fsp3) is 0.222. The van der Waals surface area contributed by atoms with Gasteiger partial charge in [-0.2, -0.15) is 0 Å². The van der Waals surface area contributed by atoms with Crippen LogP contribution in [-0.2, 0) is 0 Å². The first-order valence-corrected chi connectivity index (χ1v) is 3.46. The normalized spacial score (nSPS) is 11.6. The van der Waals surface area contributed by atoms with Crippen LogP contribution >= 0.6 is 0 Å². The van der Waals surface area contributed by atoms with Gasteiger partial charge in [0.1, 0.15) is 0 Å². The largest absolute Gasteiger partial charge is 0.388 e. The summed E-state index contributed by atoms with van der Waals surface area (Å²) >= 11 is 0. The zero-order valence-corrected chi connectivity index (χ0v) is 7.02. The molecule has 0 radical (unpaired) electrons. The van der Waals surface area contributed by atoms with Crippen LogP contribution in [0, 0.1) is 5.41 Å². The first-order valence-electron chi connectivity index (χ1n) is 3.46. The summed E-state index contributed by atoms with van der Waals surface area (Å²) in [5.74, 6) is 0. The van der Waals surface area contributed by atoms with Crippen LogP contribution < -0.4 is 5.32 Å². The third-order valence-electron chi connectivity index (χ3n) is 1.24. The standard InChI is InChI=1S/C9H14N2/c1-4-5-6-9(11-3)8(2)7-10/h4-7,10-11H,2H2,1,3H3/b5-4-,9-6+,10-7?. The van der Waals surface area contributed by atoms with Crippen LogP contribution in [0.5, 0.6) is 0 Å². The lowest BCUT2D eigenvalue weighted by atomic mass is 10.2. The molecule has 60 valence electrons. The van der Waals surface area contributed by atoms with Crippen molar-refractivity contribution in [1.29, 1.82) is 5.41 Å². The molecule has 0 saturated carbocycles. The molecule has 0 atom stereocenters. The molecule has 0 unspecified atom stereocenters. The maximum Gasteiger partial charge on any atom is 0.0420 e. The van der Waals surface area contributed by atoms with Crippen LogP contribution in [0.4, 0.5) is 0 Å². The molecule has 0 spiro atoms. The zero-order valence-electron chi connectivity index (χ0n) is 7.02. The Bertz CT molecular complexity index is 200. The Hall–Kier alpha value is -1.31. The van der Waals surface area contributed by atoms with Gasteiger partial charge in [0.05, 0.1) is 0 Å². The SMILES string of the molecule is C=C(C=N)/C(=C\C=C/C)NC. The Morgan fingerprint density at radius 3 is 2.55 bits per heavy atom. The summed E-state index contributed by atoms with van der Waals surface area (Å²) in [5.41, 5.74) is 1.56. The first-order chi connectivity index (χ1) is 5.26. The smallest absolute Gasteiger partial charge is 0.0420 e. The van der Waals surface area contributed by atoms with Gasteiger partial charge in [-0.15, -0.1) is 0 Å². The van der Waals surface area contributed by atoms with Crippen LogP contribution in [0.25, 0.3) is 0 Å². The van der Waals surface area contributed by atoms with Crippen molar-refractivity contribution in [3.8, 4) is 0 Å². The van der Waals surface area contributed by atoms with Crippen molar-refractivity contribution in [3.05, 3.63) is 36.1 Å². The molecule has 2 nitrogen and oxygen atoms in total. The number of hydrogen-bond acceptors (Lipinski definition) is 2. The number of hydrogen-bond donors (Lipinski definition) is 2. The van der Waals surface area contributed by atoms with E-state index < -0.39 is 0 Å². The summed E-state index contributed by atoms with van der Waals surface area (Å²) < 4.78 is 0. The summed E-state index contributed by atoms with van der Waals surface area (Å²) in [5, 5.41) is 9.90. The second-order valence-electron chi connectivity index (χ2n) is 2.03. The van der Waals surface area contributed by atoms with E-state index in [2.05, 4.69) is 11.9 Å². The Kier molecular flexibility index (Phi) is 4.82. The molecule has 0 aliphatic rings. The second-order valence-corrected chi connectivity index (χ2v) is 2.03. The van der Waals surface area contributed by atoms with Crippen molar-refractivity contribution in [2.24, 2.45) is 0 Å². The summed E-state index contributed by atoms with van der Waals surface area (Å²) in [6.07, 6.45) is 6.94. The maximum absolute atomic E-state index is 6.95. The van der Waals surface area contributed by atoms with Crippen LogP contribution in [0.3, 0.4) is 0 Å². The molecule has 0 aromatic carbocycles. The van der Waals surface area contributed by atoms with Crippen molar-refractivity contribution in [1.82, 2.24) is 5.32 Å². The Morgan fingerprint density at radius 1 is 1.55 bits per heavy atom. The highest BCUT2D eigenvalue weighted by molar-refractivity contribution is 5.81. The molecular weight excluding hydrogens is 136 g/mol. The van der Waals surface area contributed by atoms with Gasteiger partial charge in [0, 0.05) is 24.5 Å². The van der Waals surface area contributed by atoms with E-state index in [-0.39, 0.29) is 0 Å². The minimum Gasteiger partial charge on any atom is -0.388 e. The zero-order chi connectivity index (χ0) is 8.69. The van der Waals surface area contributed by atoms with Gasteiger partial charge < -0.3 is 10.7 Å². The number of allylic oxidation sites excluding steroid dienone is 4. The van der Waals surface area contributed by atoms with Crippen molar-refractivity contribution in [2.45, 2.75) is 6.92 Å². The minimum atomic E-state index is 0.686. The Labute approximate surface area is 67.8 Å². The predicted octanol–water partition coefficient (Wildman–Crippen LogP) is 1.87. The summed E-state index contributed by atoms with van der Waals surface area (Å²) in [7, 11) is 1.81. The van der Waals surface area contributed by atoms with E-state index in [1.54, 1.807) is 0 Å². The summed E-state index contributed by atoms with van der Waals surface area (Å²) in [6.45, 7) is 5.63. The van der Waals surface area contributed by atoms with Crippen LogP contribution in [0.2, 0.25) is 0 Å². The molecule has 0 aliphatic carbocycles. The molecule has 0 aliphatic heterocycles. The lowest BCUT2D eigenvalue weighted by Gasteiger charge is -2.02. The van der Waals surface area contributed by atoms with Crippen molar-refractivity contribution < 1.29 is 0 Å². The lowest BCUT2D eigenvalue weighted by Crippen LogP contribution is -2.07. The van der Waals surface area contributed by atoms with E-state index in [0.29, 0.717) is 5.57 Å². The predicted molar refractivity (Wildman–Crippen MR) is 49.9 cm³/mol. The van der Waals surface area contributed by atoms with Gasteiger partial charge in [-0.25, -0.2) is 0 Å². The molecular formula is C9H14N2. The molecule has 0 bridgehead atoms. The molecule has 0 fully saturated rings. The topological polar surface area (TPSA) is 35.9 Å². The molecule has 2 N–H and O–H groups in total. The first kappa shape index (κ1) is 9.69. The second kappa shape index (κ2) is 5.47. The monoisotopic (exact) mass is 150 g/mol. The van der Waals surface area contributed by atoms with E-state index >= 15 is 0 Å². The molecule has 0 rings (SSSR count). The molecule has 11 heavy (non-hydrogen) atoms.